The van der Waals surface area contributed by atoms with Crippen LogP contribution < -0.4 is 4.74 Å². The number of carbonyl (C=O) groups excluding carboxylic acids is 1. The Bertz CT molecular complexity index is 748. The van der Waals surface area contributed by atoms with Crippen LogP contribution in [-0.4, -0.2) is 65.3 Å². The van der Waals surface area contributed by atoms with E-state index >= 15 is 0 Å². The SMILES string of the molecule is COc1cccc(CC(=O)N2CCN(CCn3nc(C)cc3C)CC2)c1. The second-order valence-corrected chi connectivity index (χ2v) is 6.90. The van der Waals surface area contributed by atoms with Crippen molar-refractivity contribution in [3.05, 3.63) is 47.3 Å². The van der Waals surface area contributed by atoms with Gasteiger partial charge in [0, 0.05) is 38.4 Å². The van der Waals surface area contributed by atoms with Gasteiger partial charge in [-0.1, -0.05) is 12.1 Å². The highest BCUT2D eigenvalue weighted by Gasteiger charge is 2.21. The van der Waals surface area contributed by atoms with Gasteiger partial charge in [0.2, 0.25) is 5.91 Å². The molecule has 2 heterocycles. The van der Waals surface area contributed by atoms with Crippen LogP contribution in [0.2, 0.25) is 0 Å². The van der Waals surface area contributed by atoms with Gasteiger partial charge < -0.3 is 9.64 Å². The van der Waals surface area contributed by atoms with Crippen LogP contribution in [0.5, 0.6) is 5.75 Å². The van der Waals surface area contributed by atoms with E-state index in [0.717, 1.165) is 56.3 Å². The summed E-state index contributed by atoms with van der Waals surface area (Å²) in [5.74, 6) is 0.987. The number of ether oxygens (including phenoxy) is 1. The van der Waals surface area contributed by atoms with Crippen LogP contribution in [0.25, 0.3) is 0 Å². The number of hydrogen-bond donors (Lipinski definition) is 0. The second-order valence-electron chi connectivity index (χ2n) is 6.90. The highest BCUT2D eigenvalue weighted by atomic mass is 16.5. The summed E-state index contributed by atoms with van der Waals surface area (Å²) >= 11 is 0. The predicted molar refractivity (Wildman–Crippen MR) is 101 cm³/mol. The lowest BCUT2D eigenvalue weighted by molar-refractivity contribution is -0.132. The third kappa shape index (κ3) is 4.64. The van der Waals surface area contributed by atoms with E-state index in [1.54, 1.807) is 7.11 Å². The fourth-order valence-electron chi connectivity index (χ4n) is 3.43. The fourth-order valence-corrected chi connectivity index (χ4v) is 3.43. The fraction of sp³-hybridized carbons (Fsp3) is 0.500. The highest BCUT2D eigenvalue weighted by Crippen LogP contribution is 2.14. The summed E-state index contributed by atoms with van der Waals surface area (Å²) in [6.45, 7) is 9.41. The topological polar surface area (TPSA) is 50.6 Å². The van der Waals surface area contributed by atoms with Gasteiger partial charge in [-0.25, -0.2) is 0 Å². The Kier molecular flexibility index (Phi) is 5.93. The van der Waals surface area contributed by atoms with Crippen LogP contribution in [0.4, 0.5) is 0 Å². The van der Waals surface area contributed by atoms with Gasteiger partial charge in [0.1, 0.15) is 5.75 Å². The molecule has 0 spiro atoms. The van der Waals surface area contributed by atoms with E-state index in [4.69, 9.17) is 4.74 Å². The van der Waals surface area contributed by atoms with Crippen molar-refractivity contribution >= 4 is 5.91 Å². The Labute approximate surface area is 155 Å². The smallest absolute Gasteiger partial charge is 0.227 e. The van der Waals surface area contributed by atoms with Crippen molar-refractivity contribution in [3.63, 3.8) is 0 Å². The van der Waals surface area contributed by atoms with Crippen molar-refractivity contribution in [2.24, 2.45) is 0 Å². The zero-order valence-electron chi connectivity index (χ0n) is 15.9. The number of piperazine rings is 1. The molecule has 6 heteroatoms. The lowest BCUT2D eigenvalue weighted by Gasteiger charge is -2.34. The number of aromatic nitrogens is 2. The molecule has 0 aliphatic carbocycles. The van der Waals surface area contributed by atoms with Gasteiger partial charge in [0.25, 0.3) is 0 Å². The number of hydrogen-bond acceptors (Lipinski definition) is 4. The molecule has 3 rings (SSSR count). The normalized spacial score (nSPS) is 15.3. The number of carbonyl (C=O) groups is 1. The van der Waals surface area contributed by atoms with Gasteiger partial charge in [0.15, 0.2) is 0 Å². The lowest BCUT2D eigenvalue weighted by atomic mass is 10.1. The number of amides is 1. The maximum Gasteiger partial charge on any atom is 0.227 e. The first-order valence-corrected chi connectivity index (χ1v) is 9.19. The summed E-state index contributed by atoms with van der Waals surface area (Å²) in [5.41, 5.74) is 3.27. The van der Waals surface area contributed by atoms with Gasteiger partial charge in [-0.2, -0.15) is 5.10 Å². The van der Waals surface area contributed by atoms with E-state index in [1.807, 2.05) is 36.1 Å². The Morgan fingerprint density at radius 3 is 2.54 bits per heavy atom. The predicted octanol–water partition coefficient (Wildman–Crippen LogP) is 1.90. The molecule has 0 N–H and O–H groups in total. The Balaban J connectivity index is 1.45. The largest absolute Gasteiger partial charge is 0.497 e. The average Bonchev–Trinajstić information content (AvgIpc) is 2.97. The van der Waals surface area contributed by atoms with Crippen molar-refractivity contribution in [2.45, 2.75) is 26.8 Å². The Hall–Kier alpha value is -2.34. The summed E-state index contributed by atoms with van der Waals surface area (Å²) in [6, 6.07) is 9.84. The molecule has 1 fully saturated rings. The summed E-state index contributed by atoms with van der Waals surface area (Å²) in [4.78, 5) is 16.9. The Morgan fingerprint density at radius 1 is 1.12 bits per heavy atom. The molecule has 0 saturated carbocycles. The molecule has 140 valence electrons. The molecule has 26 heavy (non-hydrogen) atoms. The molecule has 6 nitrogen and oxygen atoms in total. The minimum absolute atomic E-state index is 0.191. The minimum Gasteiger partial charge on any atom is -0.497 e. The third-order valence-electron chi connectivity index (χ3n) is 4.95. The van der Waals surface area contributed by atoms with Crippen LogP contribution >= 0.6 is 0 Å². The maximum absolute atomic E-state index is 12.6. The molecular formula is C20H28N4O2. The van der Waals surface area contributed by atoms with Gasteiger partial charge in [-0.3, -0.25) is 14.4 Å². The molecular weight excluding hydrogens is 328 g/mol. The van der Waals surface area contributed by atoms with E-state index in [1.165, 1.54) is 5.69 Å². The first kappa shape index (κ1) is 18.5. The summed E-state index contributed by atoms with van der Waals surface area (Å²) < 4.78 is 7.30. The van der Waals surface area contributed by atoms with E-state index in [0.29, 0.717) is 6.42 Å². The third-order valence-corrected chi connectivity index (χ3v) is 4.95. The number of benzene rings is 1. The molecule has 1 aromatic carbocycles. The molecule has 1 aliphatic heterocycles. The van der Waals surface area contributed by atoms with Crippen molar-refractivity contribution in [1.29, 1.82) is 0 Å². The quantitative estimate of drug-likeness (QED) is 0.793. The molecule has 1 saturated heterocycles. The average molecular weight is 356 g/mol. The van der Waals surface area contributed by atoms with Gasteiger partial charge in [-0.15, -0.1) is 0 Å². The van der Waals surface area contributed by atoms with E-state index in [9.17, 15) is 4.79 Å². The standard InChI is InChI=1S/C20H28N4O2/c1-16-13-17(2)24(21-16)12-9-22-7-10-23(11-8-22)20(25)15-18-5-4-6-19(14-18)26-3/h4-6,13-14H,7-12,15H2,1-3H3. The molecule has 0 radical (unpaired) electrons. The highest BCUT2D eigenvalue weighted by molar-refractivity contribution is 5.79. The molecule has 1 aliphatic rings. The van der Waals surface area contributed by atoms with Crippen molar-refractivity contribution < 1.29 is 9.53 Å². The van der Waals surface area contributed by atoms with Gasteiger partial charge in [0.05, 0.1) is 25.8 Å². The van der Waals surface area contributed by atoms with E-state index in [2.05, 4.69) is 27.7 Å². The molecule has 0 atom stereocenters. The number of rotatable bonds is 6. The van der Waals surface area contributed by atoms with Crippen molar-refractivity contribution in [2.75, 3.05) is 39.8 Å². The first-order valence-electron chi connectivity index (χ1n) is 9.19. The van der Waals surface area contributed by atoms with Crippen LogP contribution in [-0.2, 0) is 17.8 Å². The number of methoxy groups -OCH3 is 1. The summed E-state index contributed by atoms with van der Waals surface area (Å²) in [7, 11) is 1.65. The summed E-state index contributed by atoms with van der Waals surface area (Å²) in [6.07, 6.45) is 0.433. The lowest BCUT2D eigenvalue weighted by Crippen LogP contribution is -2.49. The van der Waals surface area contributed by atoms with E-state index < -0.39 is 0 Å². The van der Waals surface area contributed by atoms with Crippen molar-refractivity contribution in [1.82, 2.24) is 19.6 Å². The zero-order valence-corrected chi connectivity index (χ0v) is 15.9. The van der Waals surface area contributed by atoms with Crippen LogP contribution in [0.15, 0.2) is 30.3 Å². The van der Waals surface area contributed by atoms with Crippen LogP contribution in [0, 0.1) is 13.8 Å². The molecule has 1 aromatic heterocycles. The van der Waals surface area contributed by atoms with Gasteiger partial charge in [-0.05, 0) is 37.6 Å². The van der Waals surface area contributed by atoms with E-state index in [-0.39, 0.29) is 5.91 Å². The van der Waals surface area contributed by atoms with Gasteiger partial charge >= 0.3 is 0 Å². The monoisotopic (exact) mass is 356 g/mol. The van der Waals surface area contributed by atoms with Crippen LogP contribution in [0.3, 0.4) is 0 Å². The van der Waals surface area contributed by atoms with Crippen molar-refractivity contribution in [3.8, 4) is 5.75 Å². The Morgan fingerprint density at radius 2 is 1.88 bits per heavy atom. The maximum atomic E-state index is 12.6. The molecule has 0 bridgehead atoms. The zero-order chi connectivity index (χ0) is 18.5. The molecule has 2 aromatic rings. The number of aryl methyl sites for hydroxylation is 2. The number of nitrogens with zero attached hydrogens (tertiary/aromatic N) is 4. The minimum atomic E-state index is 0.191. The second kappa shape index (κ2) is 8.36. The van der Waals surface area contributed by atoms with Crippen LogP contribution in [0.1, 0.15) is 17.0 Å². The molecule has 1 amide bonds. The first-order chi connectivity index (χ1) is 12.5. The molecule has 0 unspecified atom stereocenters. The summed E-state index contributed by atoms with van der Waals surface area (Å²) in [5, 5.41) is 4.51.